The zero-order valence-electron chi connectivity index (χ0n) is 6.60. The number of hydrogen-bond donors (Lipinski definition) is 2. The standard InChI is InChI=1S/C8H8F3NO/c9-5-2-7(11)6(10)1-4(5)8(12)3-13/h1-2,8,13H,3,12H2/t8-/m1/s1. The van der Waals surface area contributed by atoms with Gasteiger partial charge in [0.2, 0.25) is 0 Å². The van der Waals surface area contributed by atoms with Gasteiger partial charge in [-0.1, -0.05) is 0 Å². The highest BCUT2D eigenvalue weighted by Crippen LogP contribution is 2.18. The van der Waals surface area contributed by atoms with E-state index in [1.54, 1.807) is 0 Å². The van der Waals surface area contributed by atoms with Gasteiger partial charge in [0.1, 0.15) is 5.82 Å². The first kappa shape index (κ1) is 10.0. The van der Waals surface area contributed by atoms with Gasteiger partial charge in [0.25, 0.3) is 0 Å². The van der Waals surface area contributed by atoms with E-state index in [9.17, 15) is 13.2 Å². The van der Waals surface area contributed by atoms with E-state index in [2.05, 4.69) is 0 Å². The lowest BCUT2D eigenvalue weighted by Gasteiger charge is -2.09. The Balaban J connectivity index is 3.15. The second-order valence-corrected chi connectivity index (χ2v) is 2.58. The quantitative estimate of drug-likeness (QED) is 0.687. The molecule has 0 aromatic heterocycles. The Morgan fingerprint density at radius 1 is 1.15 bits per heavy atom. The summed E-state index contributed by atoms with van der Waals surface area (Å²) in [6, 6.07) is 0.0150. The van der Waals surface area contributed by atoms with Gasteiger partial charge < -0.3 is 10.8 Å². The summed E-state index contributed by atoms with van der Waals surface area (Å²) in [6.07, 6.45) is 0. The topological polar surface area (TPSA) is 46.2 Å². The smallest absolute Gasteiger partial charge is 0.161 e. The van der Waals surface area contributed by atoms with E-state index >= 15 is 0 Å². The van der Waals surface area contributed by atoms with Crippen LogP contribution in [-0.2, 0) is 0 Å². The van der Waals surface area contributed by atoms with Gasteiger partial charge in [-0.15, -0.1) is 0 Å². The van der Waals surface area contributed by atoms with Crippen LogP contribution >= 0.6 is 0 Å². The molecule has 0 saturated heterocycles. The molecule has 0 spiro atoms. The normalized spacial score (nSPS) is 13.0. The molecule has 2 nitrogen and oxygen atoms in total. The molecular formula is C8H8F3NO. The second kappa shape index (κ2) is 3.76. The van der Waals surface area contributed by atoms with Gasteiger partial charge in [0.15, 0.2) is 11.6 Å². The number of halogens is 3. The number of benzene rings is 1. The van der Waals surface area contributed by atoms with Crippen LogP contribution in [0.15, 0.2) is 12.1 Å². The maximum absolute atomic E-state index is 12.9. The number of nitrogens with two attached hydrogens (primary N) is 1. The Labute approximate surface area is 72.8 Å². The molecular weight excluding hydrogens is 183 g/mol. The van der Waals surface area contributed by atoms with E-state index in [-0.39, 0.29) is 5.56 Å². The highest BCUT2D eigenvalue weighted by atomic mass is 19.2. The Hall–Kier alpha value is -1.07. The number of aliphatic hydroxyl groups is 1. The lowest BCUT2D eigenvalue weighted by atomic mass is 10.1. The molecule has 3 N–H and O–H groups in total. The summed E-state index contributed by atoms with van der Waals surface area (Å²) < 4.78 is 37.9. The van der Waals surface area contributed by atoms with Crippen LogP contribution < -0.4 is 5.73 Å². The van der Waals surface area contributed by atoms with Crippen molar-refractivity contribution < 1.29 is 18.3 Å². The predicted molar refractivity (Wildman–Crippen MR) is 40.3 cm³/mol. The van der Waals surface area contributed by atoms with Crippen LogP contribution in [0.1, 0.15) is 11.6 Å². The van der Waals surface area contributed by atoms with Crippen molar-refractivity contribution in [2.75, 3.05) is 6.61 Å². The van der Waals surface area contributed by atoms with Crippen LogP contribution in [0.2, 0.25) is 0 Å². The van der Waals surface area contributed by atoms with Crippen LogP contribution in [0.5, 0.6) is 0 Å². The van der Waals surface area contributed by atoms with Crippen molar-refractivity contribution in [3.05, 3.63) is 35.1 Å². The fraction of sp³-hybridized carbons (Fsp3) is 0.250. The highest BCUT2D eigenvalue weighted by Gasteiger charge is 2.14. The van der Waals surface area contributed by atoms with Crippen molar-refractivity contribution in [1.82, 2.24) is 0 Å². The fourth-order valence-corrected chi connectivity index (χ4v) is 0.920. The van der Waals surface area contributed by atoms with Gasteiger partial charge >= 0.3 is 0 Å². The van der Waals surface area contributed by atoms with Crippen LogP contribution in [0.3, 0.4) is 0 Å². The fourth-order valence-electron chi connectivity index (χ4n) is 0.920. The maximum atomic E-state index is 12.9. The van der Waals surface area contributed by atoms with Gasteiger partial charge in [-0.25, -0.2) is 13.2 Å². The largest absolute Gasteiger partial charge is 0.394 e. The third-order valence-corrected chi connectivity index (χ3v) is 1.64. The molecule has 5 heteroatoms. The number of hydrogen-bond acceptors (Lipinski definition) is 2. The first-order valence-electron chi connectivity index (χ1n) is 3.57. The van der Waals surface area contributed by atoms with E-state index in [1.807, 2.05) is 0 Å². The van der Waals surface area contributed by atoms with Crippen LogP contribution in [0.25, 0.3) is 0 Å². The summed E-state index contributed by atoms with van der Waals surface area (Å²) in [5, 5.41) is 8.56. The predicted octanol–water partition coefficient (Wildman–Crippen LogP) is 1.10. The highest BCUT2D eigenvalue weighted by molar-refractivity contribution is 5.23. The molecule has 0 aliphatic heterocycles. The molecule has 0 bridgehead atoms. The van der Waals surface area contributed by atoms with E-state index in [1.165, 1.54) is 0 Å². The molecule has 1 aromatic carbocycles. The molecule has 1 atom stereocenters. The minimum absolute atomic E-state index is 0.235. The van der Waals surface area contributed by atoms with Crippen LogP contribution in [-0.4, -0.2) is 11.7 Å². The van der Waals surface area contributed by atoms with Gasteiger partial charge in [-0.2, -0.15) is 0 Å². The summed E-state index contributed by atoms with van der Waals surface area (Å²) in [7, 11) is 0. The van der Waals surface area contributed by atoms with Crippen LogP contribution in [0, 0.1) is 17.5 Å². The molecule has 0 unspecified atom stereocenters. The average Bonchev–Trinajstić information content (AvgIpc) is 2.10. The minimum atomic E-state index is -1.27. The molecule has 0 saturated carbocycles. The first-order chi connectivity index (χ1) is 6.06. The van der Waals surface area contributed by atoms with E-state index < -0.39 is 30.1 Å². The van der Waals surface area contributed by atoms with Crippen LogP contribution in [0.4, 0.5) is 13.2 Å². The lowest BCUT2D eigenvalue weighted by molar-refractivity contribution is 0.264. The van der Waals surface area contributed by atoms with Crippen molar-refractivity contribution in [3.8, 4) is 0 Å². The van der Waals surface area contributed by atoms with Crippen molar-refractivity contribution >= 4 is 0 Å². The molecule has 0 radical (unpaired) electrons. The van der Waals surface area contributed by atoms with Gasteiger partial charge in [0, 0.05) is 11.6 Å². The van der Waals surface area contributed by atoms with Gasteiger partial charge in [-0.3, -0.25) is 0 Å². The monoisotopic (exact) mass is 191 g/mol. The van der Waals surface area contributed by atoms with E-state index in [4.69, 9.17) is 10.8 Å². The maximum Gasteiger partial charge on any atom is 0.161 e. The molecule has 0 aliphatic carbocycles. The number of aliphatic hydroxyl groups excluding tert-OH is 1. The summed E-state index contributed by atoms with van der Waals surface area (Å²) in [5.74, 6) is -3.41. The first-order valence-corrected chi connectivity index (χ1v) is 3.57. The van der Waals surface area contributed by atoms with Crippen molar-refractivity contribution in [2.24, 2.45) is 5.73 Å². The minimum Gasteiger partial charge on any atom is -0.394 e. The zero-order chi connectivity index (χ0) is 10.0. The molecule has 72 valence electrons. The Bertz CT molecular complexity index is 317. The van der Waals surface area contributed by atoms with Gasteiger partial charge in [0.05, 0.1) is 12.6 Å². The summed E-state index contributed by atoms with van der Waals surface area (Å²) in [5.41, 5.74) is 5.00. The molecule has 0 heterocycles. The van der Waals surface area contributed by atoms with Gasteiger partial charge in [-0.05, 0) is 6.07 Å². The van der Waals surface area contributed by atoms with E-state index in [0.717, 1.165) is 0 Å². The van der Waals surface area contributed by atoms with Crippen molar-refractivity contribution in [3.63, 3.8) is 0 Å². The third-order valence-electron chi connectivity index (χ3n) is 1.64. The van der Waals surface area contributed by atoms with E-state index in [0.29, 0.717) is 12.1 Å². The third kappa shape index (κ3) is 1.99. The second-order valence-electron chi connectivity index (χ2n) is 2.58. The Morgan fingerprint density at radius 3 is 2.23 bits per heavy atom. The summed E-state index contributed by atoms with van der Waals surface area (Å²) >= 11 is 0. The van der Waals surface area contributed by atoms with Crippen molar-refractivity contribution in [2.45, 2.75) is 6.04 Å². The molecule has 1 rings (SSSR count). The SMILES string of the molecule is N[C@H](CO)c1cc(F)c(F)cc1F. The summed E-state index contributed by atoms with van der Waals surface area (Å²) in [4.78, 5) is 0. The molecule has 0 fully saturated rings. The Morgan fingerprint density at radius 2 is 1.69 bits per heavy atom. The molecule has 0 aliphatic rings. The molecule has 13 heavy (non-hydrogen) atoms. The molecule has 0 amide bonds. The Kier molecular flexibility index (Phi) is 2.90. The summed E-state index contributed by atoms with van der Waals surface area (Å²) in [6.45, 7) is -0.526. The number of rotatable bonds is 2. The average molecular weight is 191 g/mol. The molecule has 1 aromatic rings. The lowest BCUT2D eigenvalue weighted by Crippen LogP contribution is -2.16. The zero-order valence-corrected chi connectivity index (χ0v) is 6.60. The van der Waals surface area contributed by atoms with Crippen molar-refractivity contribution in [1.29, 1.82) is 0 Å².